The summed E-state index contributed by atoms with van der Waals surface area (Å²) < 4.78 is 107. The third-order valence-electron chi connectivity index (χ3n) is 5.11. The Bertz CT molecular complexity index is 1140. The van der Waals surface area contributed by atoms with Gasteiger partial charge in [0.05, 0.1) is 34.5 Å². The maximum atomic E-state index is 13.1. The molecule has 1 aliphatic rings. The van der Waals surface area contributed by atoms with Crippen LogP contribution in [0.25, 0.3) is 0 Å². The van der Waals surface area contributed by atoms with Crippen molar-refractivity contribution in [3.05, 3.63) is 53.9 Å². The average molecular weight is 482 g/mol. The number of alkyl halides is 6. The Balaban J connectivity index is 1.93. The van der Waals surface area contributed by atoms with E-state index in [0.717, 1.165) is 37.1 Å². The van der Waals surface area contributed by atoms with Crippen LogP contribution in [0.2, 0.25) is 0 Å². The zero-order valence-corrected chi connectivity index (χ0v) is 17.3. The largest absolute Gasteiger partial charge is 0.442 e. The van der Waals surface area contributed by atoms with Gasteiger partial charge in [0.25, 0.3) is 0 Å². The maximum absolute atomic E-state index is 13.1. The highest BCUT2D eigenvalue weighted by atomic mass is 32.2. The predicted octanol–water partition coefficient (Wildman–Crippen LogP) is 4.70. The van der Waals surface area contributed by atoms with E-state index in [-0.39, 0.29) is 5.69 Å². The molecule has 13 heteroatoms. The van der Waals surface area contributed by atoms with Gasteiger partial charge in [0, 0.05) is 6.20 Å². The number of hydrogen-bond donors (Lipinski definition) is 0. The zero-order valence-electron chi connectivity index (χ0n) is 16.5. The van der Waals surface area contributed by atoms with Gasteiger partial charge in [0.15, 0.2) is 9.84 Å². The number of cyclic esters (lactones) is 1. The number of carbonyl (C=O) groups is 1. The lowest BCUT2D eigenvalue weighted by Gasteiger charge is -2.29. The van der Waals surface area contributed by atoms with E-state index in [0.29, 0.717) is 24.4 Å². The van der Waals surface area contributed by atoms with Crippen molar-refractivity contribution >= 4 is 21.6 Å². The molecule has 1 saturated heterocycles. The first kappa shape index (κ1) is 23.8. The first-order valence-electron chi connectivity index (χ1n) is 8.97. The van der Waals surface area contributed by atoms with E-state index in [1.54, 1.807) is 0 Å². The second-order valence-corrected chi connectivity index (χ2v) is 10.1. The highest BCUT2D eigenvalue weighted by Crippen LogP contribution is 2.38. The monoisotopic (exact) mass is 482 g/mol. The molecule has 1 atom stereocenters. The van der Waals surface area contributed by atoms with E-state index < -0.39 is 61.7 Å². The number of carbonyl (C=O) groups excluding carboxylic acids is 1. The molecule has 0 spiro atoms. The van der Waals surface area contributed by atoms with Gasteiger partial charge in [-0.2, -0.15) is 26.3 Å². The molecular formula is C19H16F6N2O4S. The molecule has 2 aromatic rings. The number of hydrogen-bond acceptors (Lipinski definition) is 5. The molecule has 0 N–H and O–H groups in total. The average Bonchev–Trinajstić information content (AvgIpc) is 3.09. The van der Waals surface area contributed by atoms with E-state index in [4.69, 9.17) is 4.74 Å². The number of aromatic nitrogens is 1. The molecule has 0 bridgehead atoms. The number of anilines is 1. The fourth-order valence-electron chi connectivity index (χ4n) is 3.08. The molecule has 1 amide bonds. The Morgan fingerprint density at radius 3 is 2.22 bits per heavy atom. The lowest BCUT2D eigenvalue weighted by Crippen LogP contribution is -2.46. The first-order valence-corrected chi connectivity index (χ1v) is 10.5. The molecule has 0 unspecified atom stereocenters. The molecular weight excluding hydrogens is 466 g/mol. The van der Waals surface area contributed by atoms with Crippen molar-refractivity contribution in [3.8, 4) is 0 Å². The zero-order chi connectivity index (χ0) is 24.1. The van der Waals surface area contributed by atoms with Gasteiger partial charge in [-0.1, -0.05) is 6.07 Å². The van der Waals surface area contributed by atoms with E-state index >= 15 is 0 Å². The van der Waals surface area contributed by atoms with Crippen LogP contribution in [-0.4, -0.2) is 36.9 Å². The van der Waals surface area contributed by atoms with Crippen LogP contribution >= 0.6 is 0 Å². The van der Waals surface area contributed by atoms with Gasteiger partial charge in [-0.25, -0.2) is 13.2 Å². The highest BCUT2D eigenvalue weighted by Gasteiger charge is 2.50. The van der Waals surface area contributed by atoms with Gasteiger partial charge in [-0.3, -0.25) is 9.88 Å². The molecule has 32 heavy (non-hydrogen) atoms. The number of pyridine rings is 1. The van der Waals surface area contributed by atoms with Crippen molar-refractivity contribution in [1.82, 2.24) is 4.98 Å². The summed E-state index contributed by atoms with van der Waals surface area (Å²) >= 11 is 0. The van der Waals surface area contributed by atoms with Crippen LogP contribution in [-0.2, 0) is 26.9 Å². The Hall–Kier alpha value is -2.83. The van der Waals surface area contributed by atoms with Crippen molar-refractivity contribution in [2.75, 3.05) is 11.4 Å². The van der Waals surface area contributed by atoms with Crippen molar-refractivity contribution in [3.63, 3.8) is 0 Å². The summed E-state index contributed by atoms with van der Waals surface area (Å²) in [5, 5.41) is 0. The van der Waals surface area contributed by atoms with Crippen LogP contribution in [0.3, 0.4) is 0 Å². The summed E-state index contributed by atoms with van der Waals surface area (Å²) in [5.41, 5.74) is -2.56. The van der Waals surface area contributed by atoms with Crippen LogP contribution in [0.4, 0.5) is 36.8 Å². The fraction of sp³-hybridized carbons (Fsp3) is 0.368. The second-order valence-electron chi connectivity index (χ2n) is 7.55. The molecule has 174 valence electrons. The normalized spacial score (nSPS) is 18.1. The van der Waals surface area contributed by atoms with Crippen molar-refractivity contribution in [1.29, 1.82) is 0 Å². The quantitative estimate of drug-likeness (QED) is 0.591. The van der Waals surface area contributed by atoms with Crippen LogP contribution in [0.15, 0.2) is 47.6 Å². The minimum absolute atomic E-state index is 0.264. The number of nitrogens with zero attached hydrogens (tertiary/aromatic N) is 2. The lowest BCUT2D eigenvalue weighted by molar-refractivity contribution is -0.138. The smallest absolute Gasteiger partial charge is 0.417 e. The Morgan fingerprint density at radius 1 is 1.00 bits per heavy atom. The molecule has 1 aliphatic heterocycles. The first-order chi connectivity index (χ1) is 14.5. The Morgan fingerprint density at radius 2 is 1.62 bits per heavy atom. The minimum Gasteiger partial charge on any atom is -0.442 e. The van der Waals surface area contributed by atoms with E-state index in [1.807, 2.05) is 0 Å². The molecule has 2 heterocycles. The van der Waals surface area contributed by atoms with Crippen LogP contribution in [0.1, 0.15) is 25.0 Å². The standard InChI is InChI=1S/C19H16F6N2O4S/c1-17(2,32(29,30)14-5-3-4-11(7-14)18(20,21)22)15-10-27(16(28)31-15)13-6-12(8-26-9-13)19(23,24)25/h3-9,15H,10H2,1-2H3/t15-/m0/s1. The van der Waals surface area contributed by atoms with Gasteiger partial charge in [0.1, 0.15) is 10.9 Å². The van der Waals surface area contributed by atoms with Crippen molar-refractivity contribution in [2.45, 2.75) is 41.9 Å². The molecule has 1 fully saturated rings. The molecule has 3 rings (SSSR count). The number of benzene rings is 1. The summed E-state index contributed by atoms with van der Waals surface area (Å²) in [6.45, 7) is 1.87. The SMILES string of the molecule is CC(C)([C@@H]1CN(c2cncc(C(F)(F)F)c2)C(=O)O1)S(=O)(=O)c1cccc(C(F)(F)F)c1. The van der Waals surface area contributed by atoms with Crippen LogP contribution in [0, 0.1) is 0 Å². The summed E-state index contributed by atoms with van der Waals surface area (Å²) in [4.78, 5) is 15.9. The van der Waals surface area contributed by atoms with Gasteiger partial charge in [-0.15, -0.1) is 0 Å². The Kier molecular flexibility index (Phi) is 5.69. The van der Waals surface area contributed by atoms with E-state index in [1.165, 1.54) is 0 Å². The van der Waals surface area contributed by atoms with Crippen LogP contribution in [0.5, 0.6) is 0 Å². The van der Waals surface area contributed by atoms with Gasteiger partial charge in [-0.05, 0) is 38.1 Å². The Labute approximate surface area is 178 Å². The van der Waals surface area contributed by atoms with Gasteiger partial charge < -0.3 is 4.74 Å². The van der Waals surface area contributed by atoms with E-state index in [2.05, 4.69) is 4.98 Å². The molecule has 1 aromatic carbocycles. The topological polar surface area (TPSA) is 76.6 Å². The summed E-state index contributed by atoms with van der Waals surface area (Å²) in [7, 11) is -4.46. The summed E-state index contributed by atoms with van der Waals surface area (Å²) in [5.74, 6) is 0. The molecule has 0 radical (unpaired) electrons. The number of halogens is 6. The van der Waals surface area contributed by atoms with Crippen molar-refractivity contribution in [2.24, 2.45) is 0 Å². The molecule has 0 saturated carbocycles. The minimum atomic E-state index is -4.78. The summed E-state index contributed by atoms with van der Waals surface area (Å²) in [6, 6.07) is 3.77. The number of ether oxygens (including phenoxy) is 1. The number of amides is 1. The highest BCUT2D eigenvalue weighted by molar-refractivity contribution is 7.92. The summed E-state index contributed by atoms with van der Waals surface area (Å²) in [6.07, 6.45) is -10.5. The van der Waals surface area contributed by atoms with Crippen molar-refractivity contribution < 1.29 is 44.3 Å². The lowest BCUT2D eigenvalue weighted by atomic mass is 10.1. The fourth-order valence-corrected chi connectivity index (χ4v) is 4.70. The second kappa shape index (κ2) is 7.64. The van der Waals surface area contributed by atoms with Gasteiger partial charge in [0.2, 0.25) is 0 Å². The van der Waals surface area contributed by atoms with Crippen LogP contribution < -0.4 is 4.90 Å². The maximum Gasteiger partial charge on any atom is 0.417 e. The molecule has 1 aromatic heterocycles. The third-order valence-corrected chi connectivity index (χ3v) is 7.64. The molecule has 0 aliphatic carbocycles. The van der Waals surface area contributed by atoms with Gasteiger partial charge >= 0.3 is 18.4 Å². The number of rotatable bonds is 4. The van der Waals surface area contributed by atoms with E-state index in [9.17, 15) is 39.6 Å². The predicted molar refractivity (Wildman–Crippen MR) is 99.6 cm³/mol. The number of sulfone groups is 1. The third kappa shape index (κ3) is 4.25. The molecule has 6 nitrogen and oxygen atoms in total.